The van der Waals surface area contributed by atoms with Crippen molar-refractivity contribution in [2.45, 2.75) is 25.2 Å². The lowest BCUT2D eigenvalue weighted by Crippen LogP contribution is -2.43. The average Bonchev–Trinajstić information content (AvgIpc) is 3.20. The van der Waals surface area contributed by atoms with Gasteiger partial charge in [0.25, 0.3) is 16.4 Å². The Hall–Kier alpha value is -1.72. The minimum Gasteiger partial charge on any atom is -0.358 e. The van der Waals surface area contributed by atoms with Gasteiger partial charge < -0.3 is 14.0 Å². The first-order valence-corrected chi connectivity index (χ1v) is 10.2. The van der Waals surface area contributed by atoms with E-state index in [1.807, 2.05) is 0 Å². The van der Waals surface area contributed by atoms with Gasteiger partial charge in [-0.1, -0.05) is 16.8 Å². The van der Waals surface area contributed by atoms with Crippen LogP contribution in [0.3, 0.4) is 0 Å². The Balaban J connectivity index is 2.21. The van der Waals surface area contributed by atoms with Crippen LogP contribution in [0.5, 0.6) is 0 Å². The van der Waals surface area contributed by atoms with Crippen LogP contribution < -0.4 is 4.31 Å². The molecule has 1 atom stereocenters. The molecule has 0 fully saturated rings. The molecular weight excluding hydrogens is 402 g/mol. The smallest absolute Gasteiger partial charge is 0.271 e. The molecule has 0 saturated heterocycles. The highest BCUT2D eigenvalue weighted by molar-refractivity contribution is 7.93. The number of thiophene rings is 1. The van der Waals surface area contributed by atoms with Crippen molar-refractivity contribution in [2.24, 2.45) is 0 Å². The van der Waals surface area contributed by atoms with E-state index in [1.165, 1.54) is 23.8 Å². The maximum atomic E-state index is 13.4. The standard InChI is InChI=1S/C15H16ClN3O5S2/c1-4-23-15(22-3)19(13-12(16)9(2)24-18-13)26(20,21)11-8-25-14-10(11)6-5-7-17-14/h5-8,15H,4H2,1-3H3. The molecule has 11 heteroatoms. The lowest BCUT2D eigenvalue weighted by Gasteiger charge is -2.28. The van der Waals surface area contributed by atoms with Gasteiger partial charge >= 0.3 is 0 Å². The summed E-state index contributed by atoms with van der Waals surface area (Å²) in [4.78, 5) is 4.84. The molecule has 3 rings (SSSR count). The molecule has 0 N–H and O–H groups in total. The second-order valence-electron chi connectivity index (χ2n) is 5.13. The fourth-order valence-electron chi connectivity index (χ4n) is 2.34. The first-order valence-electron chi connectivity index (χ1n) is 7.54. The van der Waals surface area contributed by atoms with E-state index < -0.39 is 16.4 Å². The molecule has 0 aliphatic carbocycles. The maximum absolute atomic E-state index is 13.4. The van der Waals surface area contributed by atoms with E-state index >= 15 is 0 Å². The number of pyridine rings is 1. The van der Waals surface area contributed by atoms with E-state index in [4.69, 9.17) is 25.6 Å². The minimum atomic E-state index is -4.13. The second-order valence-corrected chi connectivity index (χ2v) is 8.15. The molecule has 0 aromatic carbocycles. The number of anilines is 1. The predicted octanol–water partition coefficient (Wildman–Crippen LogP) is 3.41. The molecule has 140 valence electrons. The van der Waals surface area contributed by atoms with Crippen molar-refractivity contribution in [1.82, 2.24) is 10.1 Å². The van der Waals surface area contributed by atoms with E-state index in [9.17, 15) is 8.42 Å². The van der Waals surface area contributed by atoms with Gasteiger partial charge in [-0.15, -0.1) is 11.3 Å². The van der Waals surface area contributed by atoms with Crippen molar-refractivity contribution in [3.8, 4) is 0 Å². The monoisotopic (exact) mass is 417 g/mol. The Morgan fingerprint density at radius 1 is 1.46 bits per heavy atom. The molecule has 0 spiro atoms. The Kier molecular flexibility index (Phi) is 5.49. The SMILES string of the molecule is CCOC(OC)N(c1noc(C)c1Cl)S(=O)(=O)c1csc2ncccc12. The lowest BCUT2D eigenvalue weighted by atomic mass is 10.3. The first-order chi connectivity index (χ1) is 12.4. The Bertz CT molecular complexity index is 1020. The third-order valence-electron chi connectivity index (χ3n) is 3.54. The van der Waals surface area contributed by atoms with Crippen LogP contribution in [-0.2, 0) is 19.5 Å². The number of hydrogen-bond acceptors (Lipinski definition) is 8. The molecule has 26 heavy (non-hydrogen) atoms. The molecule has 0 aliphatic heterocycles. The summed E-state index contributed by atoms with van der Waals surface area (Å²) in [6.07, 6.45) is 0.335. The molecule has 3 heterocycles. The number of fused-ring (bicyclic) bond motifs is 1. The number of nitrogens with zero attached hydrogens (tertiary/aromatic N) is 3. The summed E-state index contributed by atoms with van der Waals surface area (Å²) in [6, 6.07) is 3.35. The van der Waals surface area contributed by atoms with Crippen molar-refractivity contribution in [1.29, 1.82) is 0 Å². The molecule has 0 radical (unpaired) electrons. The Morgan fingerprint density at radius 2 is 2.23 bits per heavy atom. The van der Waals surface area contributed by atoms with Gasteiger partial charge in [0, 0.05) is 30.7 Å². The number of methoxy groups -OCH3 is 1. The molecule has 0 amide bonds. The Morgan fingerprint density at radius 3 is 2.85 bits per heavy atom. The van der Waals surface area contributed by atoms with Gasteiger partial charge in [-0.3, -0.25) is 0 Å². The first kappa shape index (κ1) is 19.1. The summed E-state index contributed by atoms with van der Waals surface area (Å²) in [5, 5.41) is 5.86. The van der Waals surface area contributed by atoms with Gasteiger partial charge in [0.15, 0.2) is 5.76 Å². The predicted molar refractivity (Wildman–Crippen MR) is 98.0 cm³/mol. The molecule has 3 aromatic heterocycles. The number of aryl methyl sites for hydroxylation is 1. The van der Waals surface area contributed by atoms with Crippen LogP contribution >= 0.6 is 22.9 Å². The van der Waals surface area contributed by atoms with Gasteiger partial charge in [0.2, 0.25) is 5.82 Å². The van der Waals surface area contributed by atoms with Crippen LogP contribution in [0.4, 0.5) is 5.82 Å². The van der Waals surface area contributed by atoms with Crippen LogP contribution in [0.15, 0.2) is 33.1 Å². The van der Waals surface area contributed by atoms with Crippen LogP contribution in [0.25, 0.3) is 10.2 Å². The third kappa shape index (κ3) is 3.19. The molecule has 0 bridgehead atoms. The summed E-state index contributed by atoms with van der Waals surface area (Å²) in [5.74, 6) is 0.178. The zero-order valence-electron chi connectivity index (χ0n) is 14.2. The maximum Gasteiger partial charge on any atom is 0.271 e. The fraction of sp³-hybridized carbons (Fsp3) is 0.333. The van der Waals surface area contributed by atoms with Crippen LogP contribution in [0, 0.1) is 6.92 Å². The average molecular weight is 418 g/mol. The van der Waals surface area contributed by atoms with E-state index in [0.29, 0.717) is 10.2 Å². The van der Waals surface area contributed by atoms with Gasteiger partial charge in [-0.25, -0.2) is 13.4 Å². The summed E-state index contributed by atoms with van der Waals surface area (Å²) in [6.45, 7) is 3.51. The fourth-order valence-corrected chi connectivity index (χ4v) is 5.40. The highest BCUT2D eigenvalue weighted by atomic mass is 35.5. The normalized spacial score (nSPS) is 13.2. The third-order valence-corrected chi connectivity index (χ3v) is 6.78. The van der Waals surface area contributed by atoms with Gasteiger partial charge in [0.05, 0.1) is 0 Å². The van der Waals surface area contributed by atoms with Crippen molar-refractivity contribution >= 4 is 49.0 Å². The highest BCUT2D eigenvalue weighted by Gasteiger charge is 2.38. The minimum absolute atomic E-state index is 0.0593. The topological polar surface area (TPSA) is 94.8 Å². The summed E-state index contributed by atoms with van der Waals surface area (Å²) in [5.41, 5.74) is 0. The van der Waals surface area contributed by atoms with Crippen molar-refractivity contribution in [3.63, 3.8) is 0 Å². The summed E-state index contributed by atoms with van der Waals surface area (Å²) >= 11 is 7.43. The second kappa shape index (κ2) is 7.49. The van der Waals surface area contributed by atoms with Crippen molar-refractivity contribution in [3.05, 3.63) is 34.5 Å². The number of hydrogen-bond donors (Lipinski definition) is 0. The molecular formula is C15H16ClN3O5S2. The quantitative estimate of drug-likeness (QED) is 0.543. The zero-order valence-corrected chi connectivity index (χ0v) is 16.6. The highest BCUT2D eigenvalue weighted by Crippen LogP contribution is 2.37. The summed E-state index contributed by atoms with van der Waals surface area (Å²) in [7, 11) is -2.80. The lowest BCUT2D eigenvalue weighted by molar-refractivity contribution is -0.110. The van der Waals surface area contributed by atoms with Crippen molar-refractivity contribution in [2.75, 3.05) is 18.0 Å². The van der Waals surface area contributed by atoms with E-state index in [2.05, 4.69) is 10.1 Å². The van der Waals surface area contributed by atoms with Crippen LogP contribution in [-0.4, -0.2) is 38.7 Å². The number of ether oxygens (including phenoxy) is 2. The van der Waals surface area contributed by atoms with Crippen molar-refractivity contribution < 1.29 is 22.4 Å². The number of rotatable bonds is 7. The molecule has 3 aromatic rings. The van der Waals surface area contributed by atoms with E-state index in [0.717, 1.165) is 4.31 Å². The van der Waals surface area contributed by atoms with Gasteiger partial charge in [-0.05, 0) is 26.0 Å². The molecule has 0 saturated carbocycles. The molecule has 1 unspecified atom stereocenters. The van der Waals surface area contributed by atoms with Crippen LogP contribution in [0.1, 0.15) is 12.7 Å². The van der Waals surface area contributed by atoms with Crippen LogP contribution in [0.2, 0.25) is 5.02 Å². The van der Waals surface area contributed by atoms with Gasteiger partial charge in [-0.2, -0.15) is 4.31 Å². The van der Waals surface area contributed by atoms with E-state index in [-0.39, 0.29) is 28.1 Å². The zero-order chi connectivity index (χ0) is 18.9. The number of halogens is 1. The Labute approximate surface area is 159 Å². The molecule has 0 aliphatic rings. The molecule has 8 nitrogen and oxygen atoms in total. The summed E-state index contributed by atoms with van der Waals surface area (Å²) < 4.78 is 43.5. The van der Waals surface area contributed by atoms with E-state index in [1.54, 1.807) is 32.2 Å². The largest absolute Gasteiger partial charge is 0.358 e. The number of sulfonamides is 1. The number of aromatic nitrogens is 2. The van der Waals surface area contributed by atoms with Gasteiger partial charge in [0.1, 0.15) is 14.7 Å².